The molecule has 1 fully saturated rings. The molecule has 0 atom stereocenters. The maximum absolute atomic E-state index is 12.1. The molecule has 112 valence electrons. The van der Waals surface area contributed by atoms with Crippen LogP contribution in [0.4, 0.5) is 0 Å². The van der Waals surface area contributed by atoms with Gasteiger partial charge in [0.15, 0.2) is 0 Å². The number of pyridine rings is 1. The molecule has 0 radical (unpaired) electrons. The standard InChI is InChI=1S/C12H17ClN2O4S/c13-11-2-1-10(7-14-11)20(17,18)15-8-12(9-16)3-5-19-6-4-12/h1-2,7,15-16H,3-6,8-9H2. The molecule has 0 aliphatic carbocycles. The summed E-state index contributed by atoms with van der Waals surface area (Å²) in [5.74, 6) is 0. The van der Waals surface area contributed by atoms with Gasteiger partial charge in [0, 0.05) is 31.4 Å². The second-order valence-electron chi connectivity index (χ2n) is 4.91. The number of hydrogen-bond donors (Lipinski definition) is 2. The van der Waals surface area contributed by atoms with Crippen molar-refractivity contribution in [3.05, 3.63) is 23.5 Å². The molecule has 1 aliphatic heterocycles. The van der Waals surface area contributed by atoms with Crippen molar-refractivity contribution in [1.82, 2.24) is 9.71 Å². The van der Waals surface area contributed by atoms with E-state index in [1.165, 1.54) is 18.3 Å². The molecule has 2 rings (SSSR count). The fourth-order valence-corrected chi connectivity index (χ4v) is 3.26. The van der Waals surface area contributed by atoms with Gasteiger partial charge in [-0.05, 0) is 25.0 Å². The van der Waals surface area contributed by atoms with Gasteiger partial charge in [-0.3, -0.25) is 0 Å². The molecule has 0 saturated carbocycles. The highest BCUT2D eigenvalue weighted by Gasteiger charge is 2.33. The molecule has 1 aliphatic rings. The van der Waals surface area contributed by atoms with E-state index in [9.17, 15) is 13.5 Å². The minimum Gasteiger partial charge on any atom is -0.396 e. The monoisotopic (exact) mass is 320 g/mol. The van der Waals surface area contributed by atoms with Crippen molar-refractivity contribution in [1.29, 1.82) is 0 Å². The fraction of sp³-hybridized carbons (Fsp3) is 0.583. The summed E-state index contributed by atoms with van der Waals surface area (Å²) >= 11 is 5.63. The maximum atomic E-state index is 12.1. The number of hydrogen-bond acceptors (Lipinski definition) is 5. The van der Waals surface area contributed by atoms with Gasteiger partial charge < -0.3 is 9.84 Å². The van der Waals surface area contributed by atoms with Crippen molar-refractivity contribution in [2.75, 3.05) is 26.4 Å². The smallest absolute Gasteiger partial charge is 0.242 e. The van der Waals surface area contributed by atoms with E-state index in [1.807, 2.05) is 0 Å². The van der Waals surface area contributed by atoms with E-state index in [1.54, 1.807) is 0 Å². The number of sulfonamides is 1. The lowest BCUT2D eigenvalue weighted by Crippen LogP contribution is -2.43. The molecule has 0 spiro atoms. The minimum atomic E-state index is -3.65. The van der Waals surface area contributed by atoms with Gasteiger partial charge in [-0.15, -0.1) is 0 Å². The molecule has 2 N–H and O–H groups in total. The molecule has 1 aromatic rings. The molecule has 0 bridgehead atoms. The van der Waals surface area contributed by atoms with Crippen LogP contribution in [0.1, 0.15) is 12.8 Å². The van der Waals surface area contributed by atoms with Crippen molar-refractivity contribution in [3.63, 3.8) is 0 Å². The van der Waals surface area contributed by atoms with Crippen LogP contribution in [0.25, 0.3) is 0 Å². The average Bonchev–Trinajstić information content (AvgIpc) is 2.47. The molecular weight excluding hydrogens is 304 g/mol. The average molecular weight is 321 g/mol. The zero-order valence-electron chi connectivity index (χ0n) is 10.9. The summed E-state index contributed by atoms with van der Waals surface area (Å²) in [6, 6.07) is 2.82. The van der Waals surface area contributed by atoms with Crippen LogP contribution < -0.4 is 4.72 Å². The lowest BCUT2D eigenvalue weighted by Gasteiger charge is -2.35. The highest BCUT2D eigenvalue weighted by Crippen LogP contribution is 2.29. The van der Waals surface area contributed by atoms with E-state index in [2.05, 4.69) is 9.71 Å². The largest absolute Gasteiger partial charge is 0.396 e. The zero-order valence-corrected chi connectivity index (χ0v) is 12.5. The van der Waals surface area contributed by atoms with Crippen molar-refractivity contribution in [3.8, 4) is 0 Å². The van der Waals surface area contributed by atoms with Crippen LogP contribution in [0, 0.1) is 5.41 Å². The minimum absolute atomic E-state index is 0.0575. The molecule has 2 heterocycles. The molecular formula is C12H17ClN2O4S. The molecule has 20 heavy (non-hydrogen) atoms. The summed E-state index contributed by atoms with van der Waals surface area (Å²) < 4.78 is 32.0. The third kappa shape index (κ3) is 3.67. The van der Waals surface area contributed by atoms with Crippen molar-refractivity contribution >= 4 is 21.6 Å². The topological polar surface area (TPSA) is 88.5 Å². The summed E-state index contributed by atoms with van der Waals surface area (Å²) in [5.41, 5.74) is -0.453. The Morgan fingerprint density at radius 1 is 1.40 bits per heavy atom. The first-order valence-corrected chi connectivity index (χ1v) is 8.13. The molecule has 0 aromatic carbocycles. The number of halogens is 1. The predicted octanol–water partition coefficient (Wildman–Crippen LogP) is 0.802. The molecule has 8 heteroatoms. The van der Waals surface area contributed by atoms with Crippen molar-refractivity contribution < 1.29 is 18.3 Å². The highest BCUT2D eigenvalue weighted by atomic mass is 35.5. The second-order valence-corrected chi connectivity index (χ2v) is 7.07. The van der Waals surface area contributed by atoms with Gasteiger partial charge >= 0.3 is 0 Å². The Labute approximate surface area is 123 Å². The van der Waals surface area contributed by atoms with Crippen LogP contribution in [0.3, 0.4) is 0 Å². The van der Waals surface area contributed by atoms with Gasteiger partial charge in [-0.2, -0.15) is 0 Å². The number of aliphatic hydroxyl groups is 1. The Kier molecular flexibility index (Phi) is 4.98. The number of nitrogens with zero attached hydrogens (tertiary/aromatic N) is 1. The molecule has 0 unspecified atom stereocenters. The van der Waals surface area contributed by atoms with Gasteiger partial charge in [-0.1, -0.05) is 11.6 Å². The van der Waals surface area contributed by atoms with Gasteiger partial charge in [0.25, 0.3) is 0 Å². The molecule has 0 amide bonds. The number of ether oxygens (including phenoxy) is 1. The third-order valence-electron chi connectivity index (χ3n) is 3.54. The number of aliphatic hydroxyl groups excluding tert-OH is 1. The SMILES string of the molecule is O=S(=O)(NCC1(CO)CCOCC1)c1ccc(Cl)nc1. The van der Waals surface area contributed by atoms with E-state index in [0.29, 0.717) is 26.1 Å². The quantitative estimate of drug-likeness (QED) is 0.784. The number of aromatic nitrogens is 1. The van der Waals surface area contributed by atoms with E-state index >= 15 is 0 Å². The lowest BCUT2D eigenvalue weighted by molar-refractivity contribution is -0.0126. The van der Waals surface area contributed by atoms with E-state index in [0.717, 1.165) is 0 Å². The Bertz CT molecular complexity index is 541. The third-order valence-corrected chi connectivity index (χ3v) is 5.15. The number of nitrogens with one attached hydrogen (secondary N) is 1. The molecule has 1 saturated heterocycles. The summed E-state index contributed by atoms with van der Waals surface area (Å²) in [7, 11) is -3.65. The fourth-order valence-electron chi connectivity index (χ4n) is 2.05. The Morgan fingerprint density at radius 2 is 2.10 bits per heavy atom. The first-order valence-electron chi connectivity index (χ1n) is 6.27. The predicted molar refractivity (Wildman–Crippen MR) is 74.0 cm³/mol. The van der Waals surface area contributed by atoms with Crippen molar-refractivity contribution in [2.45, 2.75) is 17.7 Å². The maximum Gasteiger partial charge on any atom is 0.242 e. The van der Waals surface area contributed by atoms with Crippen LogP contribution in [-0.2, 0) is 14.8 Å². The van der Waals surface area contributed by atoms with Gasteiger partial charge in [0.1, 0.15) is 10.0 Å². The van der Waals surface area contributed by atoms with Gasteiger partial charge in [0.2, 0.25) is 10.0 Å². The van der Waals surface area contributed by atoms with Crippen LogP contribution >= 0.6 is 11.6 Å². The summed E-state index contributed by atoms with van der Waals surface area (Å²) in [6.45, 7) is 1.17. The summed E-state index contributed by atoms with van der Waals surface area (Å²) in [6.07, 6.45) is 2.47. The van der Waals surface area contributed by atoms with E-state index in [-0.39, 0.29) is 23.2 Å². The number of rotatable bonds is 5. The Hall–Kier alpha value is -0.730. The first kappa shape index (κ1) is 15.7. The van der Waals surface area contributed by atoms with Crippen molar-refractivity contribution in [2.24, 2.45) is 5.41 Å². The Morgan fingerprint density at radius 3 is 2.65 bits per heavy atom. The summed E-state index contributed by atoms with van der Waals surface area (Å²) in [4.78, 5) is 3.81. The van der Waals surface area contributed by atoms with Crippen LogP contribution in [0.5, 0.6) is 0 Å². The molecule has 1 aromatic heterocycles. The summed E-state index contributed by atoms with van der Waals surface area (Å²) in [5, 5.41) is 9.76. The van der Waals surface area contributed by atoms with Gasteiger partial charge in [-0.25, -0.2) is 18.1 Å². The lowest BCUT2D eigenvalue weighted by atomic mass is 9.81. The van der Waals surface area contributed by atoms with Crippen LogP contribution in [-0.4, -0.2) is 44.9 Å². The molecule has 6 nitrogen and oxygen atoms in total. The van der Waals surface area contributed by atoms with E-state index < -0.39 is 15.4 Å². The first-order chi connectivity index (χ1) is 9.47. The van der Waals surface area contributed by atoms with Crippen LogP contribution in [0.15, 0.2) is 23.2 Å². The zero-order chi connectivity index (χ0) is 14.6. The van der Waals surface area contributed by atoms with Gasteiger partial charge in [0.05, 0.1) is 6.61 Å². The highest BCUT2D eigenvalue weighted by molar-refractivity contribution is 7.89. The van der Waals surface area contributed by atoms with Crippen LogP contribution in [0.2, 0.25) is 5.15 Å². The second kappa shape index (κ2) is 6.36. The Balaban J connectivity index is 2.06. The van der Waals surface area contributed by atoms with E-state index in [4.69, 9.17) is 16.3 Å². The normalized spacial score (nSPS) is 18.9.